The highest BCUT2D eigenvalue weighted by Gasteiger charge is 2.23. The fourth-order valence-electron chi connectivity index (χ4n) is 1.88. The van der Waals surface area contributed by atoms with E-state index in [1.54, 1.807) is 22.0 Å². The summed E-state index contributed by atoms with van der Waals surface area (Å²) >= 11 is 0. The quantitative estimate of drug-likeness (QED) is 0.778. The first kappa shape index (κ1) is 13.0. The summed E-state index contributed by atoms with van der Waals surface area (Å²) in [6.45, 7) is 1.44. The number of halogens is 1. The average molecular weight is 245 g/mol. The van der Waals surface area contributed by atoms with Gasteiger partial charge in [0.25, 0.3) is 5.91 Å². The fourth-order valence-corrected chi connectivity index (χ4v) is 1.88. The van der Waals surface area contributed by atoms with Crippen molar-refractivity contribution in [3.05, 3.63) is 18.2 Å². The maximum Gasteiger partial charge on any atom is 0.274 e. The van der Waals surface area contributed by atoms with Crippen molar-refractivity contribution in [3.8, 4) is 0 Å². The molecule has 0 radical (unpaired) electrons. The van der Waals surface area contributed by atoms with Gasteiger partial charge in [-0.05, 0) is 12.8 Å². The molecule has 1 amide bonds. The summed E-state index contributed by atoms with van der Waals surface area (Å²) in [5.74, 6) is -0.00856. The molecule has 6 heteroatoms. The zero-order chi connectivity index (χ0) is 10.8. The Bertz CT molecular complexity index is 365. The molecule has 0 unspecified atom stereocenters. The smallest absolute Gasteiger partial charge is 0.274 e. The molecule has 1 aliphatic rings. The second-order valence-corrected chi connectivity index (χ2v) is 4.08. The molecule has 0 spiro atoms. The van der Waals surface area contributed by atoms with E-state index in [1.807, 2.05) is 7.05 Å². The van der Waals surface area contributed by atoms with Gasteiger partial charge in [0.05, 0.1) is 6.33 Å². The maximum atomic E-state index is 12.0. The van der Waals surface area contributed by atoms with Crippen molar-refractivity contribution in [2.24, 2.45) is 12.8 Å². The minimum atomic E-state index is -0.00856. The first-order valence-electron chi connectivity index (χ1n) is 5.19. The lowest BCUT2D eigenvalue weighted by atomic mass is 10.1. The fraction of sp³-hybridized carbons (Fsp3) is 0.600. The highest BCUT2D eigenvalue weighted by Crippen LogP contribution is 2.11. The lowest BCUT2D eigenvalue weighted by Gasteiger charge is -2.30. The summed E-state index contributed by atoms with van der Waals surface area (Å²) in [6.07, 6.45) is 5.37. The summed E-state index contributed by atoms with van der Waals surface area (Å²) in [5.41, 5.74) is 6.33. The third-order valence-corrected chi connectivity index (χ3v) is 2.67. The normalized spacial score (nSPS) is 20.4. The van der Waals surface area contributed by atoms with E-state index in [2.05, 4.69) is 4.98 Å². The minimum Gasteiger partial charge on any atom is -0.340 e. The predicted molar refractivity (Wildman–Crippen MR) is 63.6 cm³/mol. The van der Waals surface area contributed by atoms with Gasteiger partial charge in [0, 0.05) is 32.4 Å². The van der Waals surface area contributed by atoms with Crippen LogP contribution < -0.4 is 5.73 Å². The second-order valence-electron chi connectivity index (χ2n) is 4.08. The number of piperidine rings is 1. The van der Waals surface area contributed by atoms with Crippen LogP contribution in [0, 0.1) is 0 Å². The molecule has 1 atom stereocenters. The molecule has 16 heavy (non-hydrogen) atoms. The lowest BCUT2D eigenvalue weighted by molar-refractivity contribution is 0.0703. The molecule has 1 aliphatic heterocycles. The first-order chi connectivity index (χ1) is 7.16. The Morgan fingerprint density at radius 1 is 1.62 bits per heavy atom. The van der Waals surface area contributed by atoms with Crippen molar-refractivity contribution in [2.45, 2.75) is 18.9 Å². The number of likely N-dealkylation sites (tertiary alicyclic amines) is 1. The number of nitrogens with two attached hydrogens (primary N) is 1. The summed E-state index contributed by atoms with van der Waals surface area (Å²) in [6, 6.07) is 0.117. The van der Waals surface area contributed by atoms with Crippen LogP contribution in [0.4, 0.5) is 0 Å². The molecule has 90 valence electrons. The van der Waals surface area contributed by atoms with E-state index < -0.39 is 0 Å². The van der Waals surface area contributed by atoms with E-state index in [1.165, 1.54) is 0 Å². The SMILES string of the molecule is Cl.Cn1cnc(C(=O)N2CCC[C@@H](N)C2)c1. The maximum absolute atomic E-state index is 12.0. The largest absolute Gasteiger partial charge is 0.340 e. The topological polar surface area (TPSA) is 64.2 Å². The average Bonchev–Trinajstić information content (AvgIpc) is 2.64. The predicted octanol–water partition coefficient (Wildman–Crippen LogP) is 0.405. The highest BCUT2D eigenvalue weighted by molar-refractivity contribution is 5.92. The van der Waals surface area contributed by atoms with Gasteiger partial charge in [-0.15, -0.1) is 12.4 Å². The van der Waals surface area contributed by atoms with Crippen molar-refractivity contribution in [2.75, 3.05) is 13.1 Å². The van der Waals surface area contributed by atoms with Gasteiger partial charge in [-0.2, -0.15) is 0 Å². The molecular weight excluding hydrogens is 228 g/mol. The standard InChI is InChI=1S/C10H16N4O.ClH/c1-13-6-9(12-7-13)10(15)14-4-2-3-8(11)5-14;/h6-8H,2-5,11H2,1H3;1H/t8-;/m1./s1. The van der Waals surface area contributed by atoms with Crippen LogP contribution in [0.25, 0.3) is 0 Å². The Labute approximate surface area is 101 Å². The van der Waals surface area contributed by atoms with Crippen molar-refractivity contribution in [3.63, 3.8) is 0 Å². The van der Waals surface area contributed by atoms with Crippen LogP contribution in [0.1, 0.15) is 23.3 Å². The van der Waals surface area contributed by atoms with E-state index in [9.17, 15) is 4.79 Å². The molecule has 5 nitrogen and oxygen atoms in total. The van der Waals surface area contributed by atoms with Crippen LogP contribution in [0.5, 0.6) is 0 Å². The second kappa shape index (κ2) is 5.32. The molecule has 0 aromatic carbocycles. The molecule has 0 aliphatic carbocycles. The molecule has 1 fully saturated rings. The van der Waals surface area contributed by atoms with Gasteiger partial charge >= 0.3 is 0 Å². The van der Waals surface area contributed by atoms with Gasteiger partial charge < -0.3 is 15.2 Å². The van der Waals surface area contributed by atoms with Crippen molar-refractivity contribution in [1.29, 1.82) is 0 Å². The Hall–Kier alpha value is -1.07. The lowest BCUT2D eigenvalue weighted by Crippen LogP contribution is -2.45. The van der Waals surface area contributed by atoms with Gasteiger partial charge in [0.15, 0.2) is 0 Å². The zero-order valence-electron chi connectivity index (χ0n) is 9.30. The van der Waals surface area contributed by atoms with Gasteiger partial charge in [-0.1, -0.05) is 0 Å². The Morgan fingerprint density at radius 3 is 2.94 bits per heavy atom. The van der Waals surface area contributed by atoms with Gasteiger partial charge in [-0.25, -0.2) is 4.98 Å². The monoisotopic (exact) mass is 244 g/mol. The van der Waals surface area contributed by atoms with Crippen molar-refractivity contribution in [1.82, 2.24) is 14.5 Å². The molecule has 2 heterocycles. The first-order valence-corrected chi connectivity index (χ1v) is 5.19. The van der Waals surface area contributed by atoms with E-state index >= 15 is 0 Å². The van der Waals surface area contributed by atoms with Gasteiger partial charge in [0.2, 0.25) is 0 Å². The Balaban J connectivity index is 0.00000128. The summed E-state index contributed by atoms with van der Waals surface area (Å²) in [4.78, 5) is 17.8. The van der Waals surface area contributed by atoms with Crippen LogP contribution in [0.15, 0.2) is 12.5 Å². The number of hydrogen-bond acceptors (Lipinski definition) is 3. The Kier molecular flexibility index (Phi) is 4.32. The molecule has 2 rings (SSSR count). The number of rotatable bonds is 1. The van der Waals surface area contributed by atoms with E-state index in [0.29, 0.717) is 12.2 Å². The molecule has 1 aromatic heterocycles. The molecule has 1 aromatic rings. The number of nitrogens with zero attached hydrogens (tertiary/aromatic N) is 3. The van der Waals surface area contributed by atoms with Crippen LogP contribution in [-0.2, 0) is 7.05 Å². The summed E-state index contributed by atoms with van der Waals surface area (Å²) < 4.78 is 1.77. The summed E-state index contributed by atoms with van der Waals surface area (Å²) in [7, 11) is 1.85. The van der Waals surface area contributed by atoms with Crippen LogP contribution in [0.3, 0.4) is 0 Å². The molecule has 0 bridgehead atoms. The molecule has 0 saturated carbocycles. The number of aryl methyl sites for hydroxylation is 1. The van der Waals surface area contributed by atoms with E-state index in [0.717, 1.165) is 19.4 Å². The number of carbonyl (C=O) groups is 1. The number of imidazole rings is 1. The third-order valence-electron chi connectivity index (χ3n) is 2.67. The third kappa shape index (κ3) is 2.74. The number of aromatic nitrogens is 2. The number of hydrogen-bond donors (Lipinski definition) is 1. The van der Waals surface area contributed by atoms with Crippen LogP contribution in [-0.4, -0.2) is 39.5 Å². The Morgan fingerprint density at radius 2 is 2.38 bits per heavy atom. The molecule has 2 N–H and O–H groups in total. The van der Waals surface area contributed by atoms with Gasteiger partial charge in [0.1, 0.15) is 5.69 Å². The zero-order valence-corrected chi connectivity index (χ0v) is 10.1. The van der Waals surface area contributed by atoms with Crippen LogP contribution >= 0.6 is 12.4 Å². The van der Waals surface area contributed by atoms with Crippen molar-refractivity contribution >= 4 is 18.3 Å². The van der Waals surface area contributed by atoms with E-state index in [-0.39, 0.29) is 24.4 Å². The molecular formula is C10H17ClN4O. The summed E-state index contributed by atoms with van der Waals surface area (Å²) in [5, 5.41) is 0. The number of carbonyl (C=O) groups excluding carboxylic acids is 1. The van der Waals surface area contributed by atoms with Crippen molar-refractivity contribution < 1.29 is 4.79 Å². The number of amides is 1. The van der Waals surface area contributed by atoms with Crippen LogP contribution in [0.2, 0.25) is 0 Å². The van der Waals surface area contributed by atoms with E-state index in [4.69, 9.17) is 5.73 Å². The minimum absolute atomic E-state index is 0. The van der Waals surface area contributed by atoms with Gasteiger partial charge in [-0.3, -0.25) is 4.79 Å². The highest BCUT2D eigenvalue weighted by atomic mass is 35.5. The molecule has 1 saturated heterocycles.